The molecule has 0 saturated carbocycles. The van der Waals surface area contributed by atoms with Crippen LogP contribution in [0, 0.1) is 0 Å². The van der Waals surface area contributed by atoms with Crippen molar-refractivity contribution >= 4 is 10.9 Å². The highest BCUT2D eigenvalue weighted by molar-refractivity contribution is 5.87. The number of phenolic OH excluding ortho intramolecular Hbond substituents is 1. The Hall–Kier alpha value is -2.22. The molecular formula is C20H27NO. The first-order chi connectivity index (χ1) is 10.7. The molecular weight excluding hydrogens is 270 g/mol. The molecule has 1 N–H and O–H groups in total. The van der Waals surface area contributed by atoms with Gasteiger partial charge >= 0.3 is 0 Å². The third-order valence-corrected chi connectivity index (χ3v) is 3.41. The average molecular weight is 297 g/mol. The summed E-state index contributed by atoms with van der Waals surface area (Å²) in [5.74, 6) is 0.351. The third kappa shape index (κ3) is 4.14. The number of rotatable bonds is 5. The summed E-state index contributed by atoms with van der Waals surface area (Å²) in [6.45, 7) is 12.7. The van der Waals surface area contributed by atoms with Crippen molar-refractivity contribution in [2.24, 2.45) is 0 Å². The number of phenols is 1. The monoisotopic (exact) mass is 297 g/mol. The van der Waals surface area contributed by atoms with Gasteiger partial charge in [0, 0.05) is 17.6 Å². The summed E-state index contributed by atoms with van der Waals surface area (Å²) in [5, 5.41) is 10.9. The summed E-state index contributed by atoms with van der Waals surface area (Å²) in [6.07, 6.45) is 8.73. The van der Waals surface area contributed by atoms with Gasteiger partial charge in [-0.1, -0.05) is 63.3 Å². The lowest BCUT2D eigenvalue weighted by Crippen LogP contribution is -2.03. The van der Waals surface area contributed by atoms with Crippen LogP contribution >= 0.6 is 0 Å². The molecule has 0 unspecified atom stereocenters. The molecule has 1 heterocycles. The molecule has 2 rings (SSSR count). The third-order valence-electron chi connectivity index (χ3n) is 3.41. The predicted octanol–water partition coefficient (Wildman–Crippen LogP) is 5.62. The molecule has 0 aliphatic rings. The van der Waals surface area contributed by atoms with E-state index in [9.17, 15) is 5.11 Å². The lowest BCUT2D eigenvalue weighted by molar-refractivity contribution is 0.481. The summed E-state index contributed by atoms with van der Waals surface area (Å²) < 4.78 is 2.27. The fraction of sp³-hybridized carbons (Fsp3) is 0.300. The van der Waals surface area contributed by atoms with Crippen LogP contribution in [0.5, 0.6) is 5.75 Å². The summed E-state index contributed by atoms with van der Waals surface area (Å²) in [4.78, 5) is 0. The number of aromatic nitrogens is 1. The average Bonchev–Trinajstić information content (AvgIpc) is 2.89. The van der Waals surface area contributed by atoms with Crippen LogP contribution in [0.4, 0.5) is 0 Å². The molecule has 1 aromatic heterocycles. The number of hydrogen-bond donors (Lipinski definition) is 1. The van der Waals surface area contributed by atoms with E-state index in [1.807, 2.05) is 32.1 Å². The van der Waals surface area contributed by atoms with E-state index >= 15 is 0 Å². The van der Waals surface area contributed by atoms with Crippen LogP contribution in [0.3, 0.4) is 0 Å². The molecule has 2 nitrogen and oxygen atoms in total. The van der Waals surface area contributed by atoms with Crippen LogP contribution in [0.2, 0.25) is 0 Å². The Balaban J connectivity index is 0.00000116. The topological polar surface area (TPSA) is 25.2 Å². The van der Waals surface area contributed by atoms with Crippen LogP contribution in [0.15, 0.2) is 60.7 Å². The normalized spacial score (nSPS) is 11.5. The number of nitrogens with zero attached hydrogens (tertiary/aromatic N) is 1. The zero-order chi connectivity index (χ0) is 16.5. The fourth-order valence-corrected chi connectivity index (χ4v) is 2.40. The van der Waals surface area contributed by atoms with E-state index in [4.69, 9.17) is 0 Å². The Morgan fingerprint density at radius 1 is 1.27 bits per heavy atom. The molecule has 2 aromatic rings. The quantitative estimate of drug-likeness (QED) is 0.711. The number of fused-ring (bicyclic) bond motifs is 1. The predicted molar refractivity (Wildman–Crippen MR) is 97.4 cm³/mol. The summed E-state index contributed by atoms with van der Waals surface area (Å²) in [5.41, 5.74) is 3.59. The minimum atomic E-state index is 0.351. The van der Waals surface area contributed by atoms with Gasteiger partial charge in [0.05, 0.1) is 5.52 Å². The molecule has 22 heavy (non-hydrogen) atoms. The Morgan fingerprint density at radius 3 is 2.64 bits per heavy atom. The van der Waals surface area contributed by atoms with Gasteiger partial charge in [-0.05, 0) is 31.5 Å². The molecule has 0 bridgehead atoms. The van der Waals surface area contributed by atoms with Crippen molar-refractivity contribution in [2.75, 3.05) is 0 Å². The van der Waals surface area contributed by atoms with Crippen LogP contribution in [0.25, 0.3) is 10.9 Å². The Labute approximate surface area is 134 Å². The van der Waals surface area contributed by atoms with Crippen LogP contribution < -0.4 is 0 Å². The van der Waals surface area contributed by atoms with Gasteiger partial charge in [-0.3, -0.25) is 0 Å². The van der Waals surface area contributed by atoms with Gasteiger partial charge in [0.15, 0.2) is 0 Å². The molecule has 0 fully saturated rings. The summed E-state index contributed by atoms with van der Waals surface area (Å²) >= 11 is 0. The van der Waals surface area contributed by atoms with Gasteiger partial charge in [0.1, 0.15) is 5.75 Å². The van der Waals surface area contributed by atoms with E-state index in [0.29, 0.717) is 5.75 Å². The van der Waals surface area contributed by atoms with Crippen LogP contribution in [-0.2, 0) is 13.0 Å². The van der Waals surface area contributed by atoms with E-state index in [0.717, 1.165) is 23.9 Å². The number of benzene rings is 1. The Kier molecular flexibility index (Phi) is 7.24. The maximum Gasteiger partial charge on any atom is 0.124 e. The Bertz CT molecular complexity index is 674. The molecule has 0 atom stereocenters. The summed E-state index contributed by atoms with van der Waals surface area (Å²) in [7, 11) is 0. The number of aryl methyl sites for hydroxylation is 1. The van der Waals surface area contributed by atoms with Crippen LogP contribution in [0.1, 0.15) is 33.4 Å². The van der Waals surface area contributed by atoms with Crippen molar-refractivity contribution in [1.29, 1.82) is 0 Å². The summed E-state index contributed by atoms with van der Waals surface area (Å²) in [6, 6.07) is 7.77. The number of aromatic hydroxyl groups is 1. The van der Waals surface area contributed by atoms with E-state index in [2.05, 4.69) is 43.2 Å². The minimum absolute atomic E-state index is 0.351. The van der Waals surface area contributed by atoms with Crippen LogP contribution in [-0.4, -0.2) is 9.67 Å². The van der Waals surface area contributed by atoms with Gasteiger partial charge in [-0.2, -0.15) is 0 Å². The van der Waals surface area contributed by atoms with Crippen molar-refractivity contribution in [3.8, 4) is 5.75 Å². The lowest BCUT2D eigenvalue weighted by atomic mass is 10.2. The van der Waals surface area contributed by atoms with E-state index in [1.54, 1.807) is 12.1 Å². The molecule has 118 valence electrons. The molecule has 0 spiro atoms. The molecule has 0 aliphatic heterocycles. The fourth-order valence-electron chi connectivity index (χ4n) is 2.40. The first-order valence-electron chi connectivity index (χ1n) is 7.92. The van der Waals surface area contributed by atoms with Gasteiger partial charge in [0.25, 0.3) is 0 Å². The second kappa shape index (κ2) is 8.93. The maximum absolute atomic E-state index is 9.96. The first-order valence-corrected chi connectivity index (χ1v) is 7.92. The first kappa shape index (κ1) is 17.8. The highest BCUT2D eigenvalue weighted by Crippen LogP contribution is 2.28. The van der Waals surface area contributed by atoms with Crippen molar-refractivity contribution in [1.82, 2.24) is 4.57 Å². The zero-order valence-electron chi connectivity index (χ0n) is 14.1. The van der Waals surface area contributed by atoms with E-state index in [1.165, 1.54) is 11.3 Å². The second-order valence-corrected chi connectivity index (χ2v) is 4.92. The maximum atomic E-state index is 9.96. The number of hydrogen-bond acceptors (Lipinski definition) is 1. The van der Waals surface area contributed by atoms with Gasteiger partial charge in [-0.25, -0.2) is 0 Å². The largest absolute Gasteiger partial charge is 0.507 e. The highest BCUT2D eigenvalue weighted by atomic mass is 16.3. The van der Waals surface area contributed by atoms with Crippen molar-refractivity contribution < 1.29 is 5.11 Å². The highest BCUT2D eigenvalue weighted by Gasteiger charge is 2.10. The minimum Gasteiger partial charge on any atom is -0.507 e. The van der Waals surface area contributed by atoms with Gasteiger partial charge in [-0.15, -0.1) is 0 Å². The van der Waals surface area contributed by atoms with Crippen molar-refractivity contribution in [2.45, 2.75) is 40.7 Å². The molecule has 0 amide bonds. The SMILES string of the molecule is C=C/C=C\C=C(/C)Cn1c(CC)cc2c(O)cccc21.CC. The smallest absolute Gasteiger partial charge is 0.124 e. The molecule has 1 aromatic carbocycles. The standard InChI is InChI=1S/C18H21NO.C2H6/c1-4-6-7-9-14(3)13-19-15(5-2)12-16-17(19)10-8-11-18(16)20;1-2/h4,6-12,20H,1,5,13H2,2-3H3;1-2H3/b7-6-,14-9+;. The van der Waals surface area contributed by atoms with E-state index < -0.39 is 0 Å². The van der Waals surface area contributed by atoms with Crippen molar-refractivity contribution in [3.63, 3.8) is 0 Å². The van der Waals surface area contributed by atoms with Gasteiger partial charge < -0.3 is 9.67 Å². The number of allylic oxidation sites excluding steroid dienone is 5. The molecule has 0 saturated heterocycles. The lowest BCUT2D eigenvalue weighted by Gasteiger charge is -2.10. The van der Waals surface area contributed by atoms with Crippen molar-refractivity contribution in [3.05, 3.63) is 66.4 Å². The molecule has 0 aliphatic carbocycles. The van der Waals surface area contributed by atoms with Gasteiger partial charge in [0.2, 0.25) is 0 Å². The zero-order valence-corrected chi connectivity index (χ0v) is 14.1. The second-order valence-electron chi connectivity index (χ2n) is 4.92. The van der Waals surface area contributed by atoms with E-state index in [-0.39, 0.29) is 0 Å². The molecule has 0 radical (unpaired) electrons. The Morgan fingerprint density at radius 2 is 2.00 bits per heavy atom. The molecule has 2 heteroatoms.